The Balaban J connectivity index is 1.39. The van der Waals surface area contributed by atoms with Crippen molar-refractivity contribution in [1.29, 1.82) is 0 Å². The van der Waals surface area contributed by atoms with Crippen LogP contribution in [0.3, 0.4) is 0 Å². The fourth-order valence-electron chi connectivity index (χ4n) is 6.11. The monoisotopic (exact) mass is 262 g/mol. The Kier molecular flexibility index (Phi) is 3.15. The summed E-state index contributed by atoms with van der Waals surface area (Å²) >= 11 is 0. The topological polar surface area (TPSA) is 15.3 Å². The Morgan fingerprint density at radius 3 is 2.00 bits per heavy atom. The molecule has 0 atom stereocenters. The molecule has 108 valence electrons. The van der Waals surface area contributed by atoms with E-state index in [9.17, 15) is 0 Å². The van der Waals surface area contributed by atoms with Gasteiger partial charge in [-0.15, -0.1) is 0 Å². The van der Waals surface area contributed by atoms with Crippen LogP contribution < -0.4 is 5.32 Å². The molecule has 2 nitrogen and oxygen atoms in total. The van der Waals surface area contributed by atoms with Gasteiger partial charge in [0.2, 0.25) is 0 Å². The summed E-state index contributed by atoms with van der Waals surface area (Å²) < 4.78 is 0. The first kappa shape index (κ1) is 12.6. The van der Waals surface area contributed by atoms with Gasteiger partial charge < -0.3 is 5.32 Å². The van der Waals surface area contributed by atoms with Gasteiger partial charge in [-0.05, 0) is 81.2 Å². The van der Waals surface area contributed by atoms with E-state index in [2.05, 4.69) is 17.1 Å². The molecule has 5 aliphatic rings. The van der Waals surface area contributed by atoms with Gasteiger partial charge in [0.25, 0.3) is 0 Å². The zero-order valence-corrected chi connectivity index (χ0v) is 12.5. The smallest absolute Gasteiger partial charge is 0.0345 e. The largest absolute Gasteiger partial charge is 0.314 e. The molecule has 0 unspecified atom stereocenters. The van der Waals surface area contributed by atoms with E-state index in [0.717, 1.165) is 29.2 Å². The molecular weight excluding hydrogens is 232 g/mol. The quantitative estimate of drug-likeness (QED) is 0.819. The highest BCUT2D eigenvalue weighted by atomic mass is 15.2. The molecule has 4 aliphatic carbocycles. The van der Waals surface area contributed by atoms with Crippen molar-refractivity contribution in [3.63, 3.8) is 0 Å². The second-order valence-electron chi connectivity index (χ2n) is 8.11. The number of nitrogens with zero attached hydrogens (tertiary/aromatic N) is 1. The minimum absolute atomic E-state index is 0.777. The Labute approximate surface area is 118 Å². The number of nitrogens with one attached hydrogen (secondary N) is 1. The Morgan fingerprint density at radius 1 is 1.00 bits per heavy atom. The van der Waals surface area contributed by atoms with Gasteiger partial charge in [-0.1, -0.05) is 6.92 Å². The Morgan fingerprint density at radius 2 is 1.58 bits per heavy atom. The summed E-state index contributed by atoms with van der Waals surface area (Å²) in [5.41, 5.74) is 0.777. The van der Waals surface area contributed by atoms with Crippen LogP contribution >= 0.6 is 0 Å². The third-order valence-corrected chi connectivity index (χ3v) is 6.78. The zero-order valence-electron chi connectivity index (χ0n) is 12.5. The molecular formula is C17H30N2. The molecule has 4 saturated carbocycles. The van der Waals surface area contributed by atoms with Crippen LogP contribution in [-0.4, -0.2) is 37.1 Å². The van der Waals surface area contributed by atoms with Crippen LogP contribution in [0.1, 0.15) is 51.9 Å². The molecule has 0 aromatic heterocycles. The molecule has 0 spiro atoms. The van der Waals surface area contributed by atoms with E-state index in [1.54, 1.807) is 38.5 Å². The lowest BCUT2D eigenvalue weighted by atomic mass is 9.49. The summed E-state index contributed by atoms with van der Waals surface area (Å²) in [6.07, 6.45) is 11.0. The molecule has 1 N–H and O–H groups in total. The van der Waals surface area contributed by atoms with Crippen molar-refractivity contribution in [2.45, 2.75) is 57.9 Å². The van der Waals surface area contributed by atoms with Crippen LogP contribution in [-0.2, 0) is 0 Å². The maximum atomic E-state index is 3.43. The Bertz CT molecular complexity index is 299. The Hall–Kier alpha value is -0.0800. The lowest BCUT2D eigenvalue weighted by molar-refractivity contribution is -0.0629. The van der Waals surface area contributed by atoms with E-state index >= 15 is 0 Å². The molecule has 19 heavy (non-hydrogen) atoms. The van der Waals surface area contributed by atoms with Crippen LogP contribution in [0.15, 0.2) is 0 Å². The predicted octanol–water partition coefficient (Wildman–Crippen LogP) is 2.89. The third kappa shape index (κ3) is 2.25. The van der Waals surface area contributed by atoms with Crippen molar-refractivity contribution >= 4 is 0 Å². The van der Waals surface area contributed by atoms with Crippen molar-refractivity contribution in [2.24, 2.45) is 23.2 Å². The van der Waals surface area contributed by atoms with Gasteiger partial charge in [-0.3, -0.25) is 4.90 Å². The van der Waals surface area contributed by atoms with Crippen LogP contribution in [0.5, 0.6) is 0 Å². The van der Waals surface area contributed by atoms with Crippen molar-refractivity contribution < 1.29 is 0 Å². The van der Waals surface area contributed by atoms with E-state index < -0.39 is 0 Å². The standard InChI is InChI=1S/C17H30N2/c1-2-19(16-11-18-12-16)4-3-17-8-13-5-14(9-17)7-15(6-13)10-17/h13-16,18H,2-12H2,1H3. The number of hydrogen-bond acceptors (Lipinski definition) is 2. The summed E-state index contributed by atoms with van der Waals surface area (Å²) in [6.45, 7) is 7.43. The summed E-state index contributed by atoms with van der Waals surface area (Å²) in [5, 5.41) is 3.43. The maximum Gasteiger partial charge on any atom is 0.0345 e. The number of hydrogen-bond donors (Lipinski definition) is 1. The maximum absolute atomic E-state index is 3.43. The average Bonchev–Trinajstić information content (AvgIpc) is 2.30. The first-order chi connectivity index (χ1) is 9.26. The first-order valence-corrected chi connectivity index (χ1v) is 8.71. The highest BCUT2D eigenvalue weighted by Crippen LogP contribution is 2.61. The van der Waals surface area contributed by atoms with Gasteiger partial charge in [0.15, 0.2) is 0 Å². The fraction of sp³-hybridized carbons (Fsp3) is 1.00. The molecule has 2 heteroatoms. The molecule has 0 aromatic rings. The van der Waals surface area contributed by atoms with Gasteiger partial charge in [0, 0.05) is 19.1 Å². The van der Waals surface area contributed by atoms with Crippen molar-refractivity contribution in [3.05, 3.63) is 0 Å². The van der Waals surface area contributed by atoms with Crippen LogP contribution in [0.2, 0.25) is 0 Å². The predicted molar refractivity (Wildman–Crippen MR) is 79.1 cm³/mol. The molecule has 5 rings (SSSR count). The summed E-state index contributed by atoms with van der Waals surface area (Å²) in [6, 6.07) is 0.846. The molecule has 4 bridgehead atoms. The highest BCUT2D eigenvalue weighted by molar-refractivity contribution is 5.01. The molecule has 1 heterocycles. The molecule has 0 amide bonds. The lowest BCUT2D eigenvalue weighted by Gasteiger charge is -2.57. The highest BCUT2D eigenvalue weighted by Gasteiger charge is 2.50. The van der Waals surface area contributed by atoms with Gasteiger partial charge >= 0.3 is 0 Å². The van der Waals surface area contributed by atoms with Crippen molar-refractivity contribution in [2.75, 3.05) is 26.2 Å². The lowest BCUT2D eigenvalue weighted by Crippen LogP contribution is -2.58. The van der Waals surface area contributed by atoms with Crippen molar-refractivity contribution in [3.8, 4) is 0 Å². The molecule has 0 aromatic carbocycles. The minimum Gasteiger partial charge on any atom is -0.314 e. The van der Waals surface area contributed by atoms with Crippen molar-refractivity contribution in [1.82, 2.24) is 10.2 Å². The molecule has 1 aliphatic heterocycles. The van der Waals surface area contributed by atoms with Gasteiger partial charge in [0.1, 0.15) is 0 Å². The minimum atomic E-state index is 0.777. The second kappa shape index (κ2) is 4.73. The van der Waals surface area contributed by atoms with Gasteiger partial charge in [-0.25, -0.2) is 0 Å². The van der Waals surface area contributed by atoms with Crippen LogP contribution in [0.25, 0.3) is 0 Å². The fourth-order valence-corrected chi connectivity index (χ4v) is 6.11. The first-order valence-electron chi connectivity index (χ1n) is 8.71. The van der Waals surface area contributed by atoms with Gasteiger partial charge in [0.05, 0.1) is 0 Å². The molecule has 5 fully saturated rings. The summed E-state index contributed by atoms with van der Waals surface area (Å²) in [5.74, 6) is 3.35. The van der Waals surface area contributed by atoms with Crippen LogP contribution in [0, 0.1) is 23.2 Å². The second-order valence-corrected chi connectivity index (χ2v) is 8.11. The summed E-state index contributed by atoms with van der Waals surface area (Å²) in [7, 11) is 0. The average molecular weight is 262 g/mol. The van der Waals surface area contributed by atoms with Crippen LogP contribution in [0.4, 0.5) is 0 Å². The third-order valence-electron chi connectivity index (χ3n) is 6.78. The van der Waals surface area contributed by atoms with E-state index in [1.165, 1.54) is 32.6 Å². The van der Waals surface area contributed by atoms with E-state index in [4.69, 9.17) is 0 Å². The normalized spacial score (nSPS) is 44.8. The number of likely N-dealkylation sites (N-methyl/N-ethyl adjacent to an activating group) is 1. The van der Waals surface area contributed by atoms with Gasteiger partial charge in [-0.2, -0.15) is 0 Å². The van der Waals surface area contributed by atoms with E-state index in [1.807, 2.05) is 0 Å². The SMILES string of the molecule is CCN(CCC12CC3CC(CC(C3)C1)C2)C1CNC1. The van der Waals surface area contributed by atoms with E-state index in [0.29, 0.717) is 0 Å². The zero-order chi connectivity index (χ0) is 12.9. The molecule has 0 radical (unpaired) electrons. The molecule has 1 saturated heterocycles. The van der Waals surface area contributed by atoms with E-state index in [-0.39, 0.29) is 0 Å². The summed E-state index contributed by atoms with van der Waals surface area (Å²) in [4.78, 5) is 2.75. The number of rotatable bonds is 5.